The van der Waals surface area contributed by atoms with Crippen LogP contribution in [0.15, 0.2) is 18.2 Å². The lowest BCUT2D eigenvalue weighted by molar-refractivity contribution is -0.132. The van der Waals surface area contributed by atoms with E-state index in [1.54, 1.807) is 12.1 Å². The van der Waals surface area contributed by atoms with Crippen molar-refractivity contribution in [3.05, 3.63) is 33.8 Å². The van der Waals surface area contributed by atoms with Crippen molar-refractivity contribution in [2.24, 2.45) is 11.8 Å². The van der Waals surface area contributed by atoms with Gasteiger partial charge >= 0.3 is 0 Å². The minimum atomic E-state index is -0.367. The summed E-state index contributed by atoms with van der Waals surface area (Å²) < 4.78 is 0. The Hall–Kier alpha value is -1.26. The third kappa shape index (κ3) is 4.37. The van der Waals surface area contributed by atoms with Crippen LogP contribution in [-0.2, 0) is 4.79 Å². The van der Waals surface area contributed by atoms with Crippen molar-refractivity contribution in [3.63, 3.8) is 0 Å². The lowest BCUT2D eigenvalue weighted by Crippen LogP contribution is -2.46. The highest BCUT2D eigenvalue weighted by atomic mass is 35.5. The molecule has 120 valence electrons. The number of nitrogens with one attached hydrogen (secondary N) is 1. The van der Waals surface area contributed by atoms with E-state index < -0.39 is 0 Å². The van der Waals surface area contributed by atoms with Crippen LogP contribution in [0, 0.1) is 11.8 Å². The summed E-state index contributed by atoms with van der Waals surface area (Å²) in [5.41, 5.74) is 0.319. The molecule has 1 aliphatic rings. The minimum Gasteiger partial charge on any atom is -0.343 e. The van der Waals surface area contributed by atoms with Gasteiger partial charge in [0.15, 0.2) is 0 Å². The summed E-state index contributed by atoms with van der Waals surface area (Å²) in [5, 5.41) is 3.37. The SMILES string of the molecule is CC1CC(C)CN(C(=O)CNC(=O)c2ccc(Cl)cc2Cl)C1. The highest BCUT2D eigenvalue weighted by Gasteiger charge is 2.25. The molecule has 1 aliphatic heterocycles. The van der Waals surface area contributed by atoms with Crippen molar-refractivity contribution in [1.82, 2.24) is 10.2 Å². The Morgan fingerprint density at radius 1 is 1.23 bits per heavy atom. The van der Waals surface area contributed by atoms with Crippen molar-refractivity contribution in [3.8, 4) is 0 Å². The van der Waals surface area contributed by atoms with Gasteiger partial charge in [-0.3, -0.25) is 9.59 Å². The Labute approximate surface area is 140 Å². The van der Waals surface area contributed by atoms with Gasteiger partial charge in [-0.1, -0.05) is 37.0 Å². The Bertz CT molecular complexity index is 567. The van der Waals surface area contributed by atoms with Crippen LogP contribution in [0.1, 0.15) is 30.6 Å². The molecule has 2 rings (SSSR count). The molecule has 22 heavy (non-hydrogen) atoms. The third-order valence-electron chi connectivity index (χ3n) is 3.80. The molecule has 1 heterocycles. The summed E-state index contributed by atoms with van der Waals surface area (Å²) >= 11 is 11.8. The average molecular weight is 343 g/mol. The average Bonchev–Trinajstić information content (AvgIpc) is 2.43. The molecule has 0 aliphatic carbocycles. The topological polar surface area (TPSA) is 49.4 Å². The minimum absolute atomic E-state index is 0.0166. The Kier molecular flexibility index (Phi) is 5.70. The summed E-state index contributed by atoms with van der Waals surface area (Å²) in [7, 11) is 0. The molecule has 1 saturated heterocycles. The van der Waals surface area contributed by atoms with Crippen molar-refractivity contribution in [2.75, 3.05) is 19.6 Å². The fourth-order valence-corrected chi connectivity index (χ4v) is 3.40. The summed E-state index contributed by atoms with van der Waals surface area (Å²) in [6, 6.07) is 4.65. The number of carbonyl (C=O) groups excluding carboxylic acids is 2. The molecule has 2 amide bonds. The number of rotatable bonds is 3. The first-order valence-electron chi connectivity index (χ1n) is 7.38. The number of nitrogens with zero attached hydrogens (tertiary/aromatic N) is 1. The molecule has 0 aromatic heterocycles. The lowest BCUT2D eigenvalue weighted by atomic mass is 9.92. The maximum atomic E-state index is 12.2. The predicted molar refractivity (Wildman–Crippen MR) is 88.3 cm³/mol. The maximum absolute atomic E-state index is 12.2. The van der Waals surface area contributed by atoms with Crippen molar-refractivity contribution >= 4 is 35.0 Å². The van der Waals surface area contributed by atoms with E-state index in [2.05, 4.69) is 19.2 Å². The first-order valence-corrected chi connectivity index (χ1v) is 8.13. The number of hydrogen-bond donors (Lipinski definition) is 1. The molecule has 6 heteroatoms. The number of piperidine rings is 1. The monoisotopic (exact) mass is 342 g/mol. The first kappa shape index (κ1) is 17.1. The molecule has 2 atom stereocenters. The number of amides is 2. The number of carbonyl (C=O) groups is 2. The van der Waals surface area contributed by atoms with Gasteiger partial charge in [0.2, 0.25) is 5.91 Å². The van der Waals surface area contributed by atoms with Crippen molar-refractivity contribution in [2.45, 2.75) is 20.3 Å². The number of likely N-dealkylation sites (tertiary alicyclic amines) is 1. The van der Waals surface area contributed by atoms with Gasteiger partial charge in [-0.25, -0.2) is 0 Å². The molecule has 2 unspecified atom stereocenters. The molecular formula is C16H20Cl2N2O2. The summed E-state index contributed by atoms with van der Waals surface area (Å²) in [6.45, 7) is 5.77. The van der Waals surface area contributed by atoms with E-state index in [0.717, 1.165) is 19.5 Å². The van der Waals surface area contributed by atoms with Gasteiger partial charge in [0.1, 0.15) is 0 Å². The molecule has 0 radical (unpaired) electrons. The van der Waals surface area contributed by atoms with Crippen LogP contribution < -0.4 is 5.32 Å². The highest BCUT2D eigenvalue weighted by Crippen LogP contribution is 2.22. The molecule has 0 bridgehead atoms. The van der Waals surface area contributed by atoms with E-state index in [0.29, 0.717) is 22.4 Å². The standard InChI is InChI=1S/C16H20Cl2N2O2/c1-10-5-11(2)9-20(8-10)15(21)7-19-16(22)13-4-3-12(17)6-14(13)18/h3-4,6,10-11H,5,7-9H2,1-2H3,(H,19,22). The second-order valence-electron chi connectivity index (χ2n) is 6.05. The zero-order valence-corrected chi connectivity index (χ0v) is 14.2. The van der Waals surface area contributed by atoms with Crippen LogP contribution in [-0.4, -0.2) is 36.3 Å². The predicted octanol–water partition coefficient (Wildman–Crippen LogP) is 3.23. The van der Waals surface area contributed by atoms with Gasteiger partial charge in [0.05, 0.1) is 17.1 Å². The molecule has 4 nitrogen and oxygen atoms in total. The third-order valence-corrected chi connectivity index (χ3v) is 4.35. The highest BCUT2D eigenvalue weighted by molar-refractivity contribution is 6.36. The van der Waals surface area contributed by atoms with Crippen LogP contribution in [0.4, 0.5) is 0 Å². The van der Waals surface area contributed by atoms with Gasteiger partial charge < -0.3 is 10.2 Å². The van der Waals surface area contributed by atoms with Crippen LogP contribution >= 0.6 is 23.2 Å². The quantitative estimate of drug-likeness (QED) is 0.916. The molecular weight excluding hydrogens is 323 g/mol. The lowest BCUT2D eigenvalue weighted by Gasteiger charge is -2.35. The van der Waals surface area contributed by atoms with Gasteiger partial charge in [0, 0.05) is 18.1 Å². The Morgan fingerprint density at radius 3 is 2.45 bits per heavy atom. The van der Waals surface area contributed by atoms with Crippen LogP contribution in [0.2, 0.25) is 10.0 Å². The number of hydrogen-bond acceptors (Lipinski definition) is 2. The normalized spacial score (nSPS) is 21.5. The largest absolute Gasteiger partial charge is 0.343 e. The number of halogens is 2. The molecule has 1 N–H and O–H groups in total. The van der Waals surface area contributed by atoms with E-state index in [4.69, 9.17) is 23.2 Å². The van der Waals surface area contributed by atoms with E-state index in [1.807, 2.05) is 4.90 Å². The molecule has 1 aromatic carbocycles. The molecule has 1 fully saturated rings. The van der Waals surface area contributed by atoms with E-state index >= 15 is 0 Å². The summed E-state index contributed by atoms with van der Waals surface area (Å²) in [5.74, 6) is 0.563. The Balaban J connectivity index is 1.91. The van der Waals surface area contributed by atoms with Crippen LogP contribution in [0.3, 0.4) is 0 Å². The van der Waals surface area contributed by atoms with Gasteiger partial charge in [-0.15, -0.1) is 0 Å². The molecule has 1 aromatic rings. The summed E-state index contributed by atoms with van der Waals surface area (Å²) in [4.78, 5) is 26.1. The Morgan fingerprint density at radius 2 is 1.86 bits per heavy atom. The van der Waals surface area contributed by atoms with Crippen LogP contribution in [0.25, 0.3) is 0 Å². The maximum Gasteiger partial charge on any atom is 0.253 e. The van der Waals surface area contributed by atoms with Gasteiger partial charge in [-0.2, -0.15) is 0 Å². The number of benzene rings is 1. The molecule has 0 spiro atoms. The zero-order valence-electron chi connectivity index (χ0n) is 12.7. The fourth-order valence-electron chi connectivity index (χ4n) is 2.90. The van der Waals surface area contributed by atoms with Crippen molar-refractivity contribution in [1.29, 1.82) is 0 Å². The molecule has 0 saturated carbocycles. The van der Waals surface area contributed by atoms with Crippen molar-refractivity contribution < 1.29 is 9.59 Å². The van der Waals surface area contributed by atoms with E-state index in [1.165, 1.54) is 6.07 Å². The van der Waals surface area contributed by atoms with Crippen LogP contribution in [0.5, 0.6) is 0 Å². The second-order valence-corrected chi connectivity index (χ2v) is 6.90. The first-order chi connectivity index (χ1) is 10.4. The van der Waals surface area contributed by atoms with Gasteiger partial charge in [0.25, 0.3) is 5.91 Å². The van der Waals surface area contributed by atoms with E-state index in [-0.39, 0.29) is 23.4 Å². The van der Waals surface area contributed by atoms with Gasteiger partial charge in [-0.05, 0) is 36.5 Å². The fraction of sp³-hybridized carbons (Fsp3) is 0.500. The second kappa shape index (κ2) is 7.34. The van der Waals surface area contributed by atoms with E-state index in [9.17, 15) is 9.59 Å². The smallest absolute Gasteiger partial charge is 0.253 e. The summed E-state index contributed by atoms with van der Waals surface area (Å²) in [6.07, 6.45) is 1.14. The zero-order chi connectivity index (χ0) is 16.3.